The van der Waals surface area contributed by atoms with Crippen molar-refractivity contribution in [3.8, 4) is 0 Å². The van der Waals surface area contributed by atoms with E-state index >= 15 is 0 Å². The summed E-state index contributed by atoms with van der Waals surface area (Å²) in [5.41, 5.74) is 0.0851. The normalized spacial score (nSPS) is 9.92. The molecule has 0 saturated heterocycles. The van der Waals surface area contributed by atoms with Gasteiger partial charge in [0.15, 0.2) is 0 Å². The van der Waals surface area contributed by atoms with E-state index < -0.39 is 5.97 Å². The number of aromatic nitrogens is 1. The van der Waals surface area contributed by atoms with Crippen molar-refractivity contribution in [1.29, 1.82) is 0 Å². The molecule has 1 aromatic heterocycles. The Labute approximate surface area is 90.0 Å². The number of hydrogen-bond acceptors (Lipinski definition) is 2. The second-order valence-corrected chi connectivity index (χ2v) is 3.83. The first-order chi connectivity index (χ1) is 5.52. The number of rotatable bonds is 1. The highest BCUT2D eigenvalue weighted by Gasteiger charge is 2.13. The lowest BCUT2D eigenvalue weighted by Crippen LogP contribution is -1.99. The third kappa shape index (κ3) is 1.97. The zero-order valence-electron chi connectivity index (χ0n) is 5.51. The van der Waals surface area contributed by atoms with Crippen molar-refractivity contribution in [2.24, 2.45) is 0 Å². The Morgan fingerprint density at radius 2 is 2.17 bits per heavy atom. The Morgan fingerprint density at radius 3 is 2.67 bits per heavy atom. The Balaban J connectivity index is 3.37. The molecule has 0 amide bonds. The molecule has 0 bridgehead atoms. The first kappa shape index (κ1) is 9.95. The SMILES string of the molecule is O=C(O)c1cc(Cl)nc(Br)c1Br. The molecule has 1 heterocycles. The van der Waals surface area contributed by atoms with Gasteiger partial charge in [-0.1, -0.05) is 11.6 Å². The first-order valence-corrected chi connectivity index (χ1v) is 4.73. The van der Waals surface area contributed by atoms with Gasteiger partial charge in [-0.05, 0) is 37.9 Å². The summed E-state index contributed by atoms with van der Waals surface area (Å²) >= 11 is 11.7. The predicted molar refractivity (Wildman–Crippen MR) is 51.6 cm³/mol. The number of carbonyl (C=O) groups is 1. The summed E-state index contributed by atoms with van der Waals surface area (Å²) < 4.78 is 0.770. The molecule has 0 fully saturated rings. The van der Waals surface area contributed by atoms with Crippen LogP contribution >= 0.6 is 43.5 Å². The summed E-state index contributed by atoms with van der Waals surface area (Å²) in [4.78, 5) is 14.4. The third-order valence-electron chi connectivity index (χ3n) is 1.12. The largest absolute Gasteiger partial charge is 0.478 e. The summed E-state index contributed by atoms with van der Waals surface area (Å²) in [7, 11) is 0. The van der Waals surface area contributed by atoms with Crippen molar-refractivity contribution in [3.05, 3.63) is 25.9 Å². The highest BCUT2D eigenvalue weighted by molar-refractivity contribution is 9.13. The van der Waals surface area contributed by atoms with Crippen LogP contribution in [-0.4, -0.2) is 16.1 Å². The van der Waals surface area contributed by atoms with Gasteiger partial charge >= 0.3 is 5.97 Å². The van der Waals surface area contributed by atoms with Crippen molar-refractivity contribution >= 4 is 49.4 Å². The van der Waals surface area contributed by atoms with Gasteiger partial charge in [-0.15, -0.1) is 0 Å². The van der Waals surface area contributed by atoms with Crippen LogP contribution in [0.25, 0.3) is 0 Å². The van der Waals surface area contributed by atoms with E-state index in [1.165, 1.54) is 6.07 Å². The number of aromatic carboxylic acids is 1. The maximum atomic E-state index is 10.6. The quantitative estimate of drug-likeness (QED) is 0.811. The van der Waals surface area contributed by atoms with Crippen LogP contribution in [0.2, 0.25) is 5.15 Å². The molecule has 0 saturated carbocycles. The third-order valence-corrected chi connectivity index (χ3v) is 3.22. The molecular formula is C6H2Br2ClNO2. The number of carboxylic acids is 1. The molecule has 1 aromatic rings. The van der Waals surface area contributed by atoms with Crippen LogP contribution in [0, 0.1) is 0 Å². The van der Waals surface area contributed by atoms with Gasteiger partial charge in [0.25, 0.3) is 0 Å². The lowest BCUT2D eigenvalue weighted by Gasteiger charge is -2.00. The summed E-state index contributed by atoms with van der Waals surface area (Å²) in [6.45, 7) is 0. The van der Waals surface area contributed by atoms with Crippen LogP contribution in [0.1, 0.15) is 10.4 Å². The molecular weight excluding hydrogens is 313 g/mol. The summed E-state index contributed by atoms with van der Waals surface area (Å²) in [6.07, 6.45) is 0. The Kier molecular flexibility index (Phi) is 3.09. The van der Waals surface area contributed by atoms with E-state index in [-0.39, 0.29) is 10.7 Å². The van der Waals surface area contributed by atoms with E-state index in [1.807, 2.05) is 0 Å². The molecule has 12 heavy (non-hydrogen) atoms. The van der Waals surface area contributed by atoms with Gasteiger partial charge in [0.1, 0.15) is 9.76 Å². The van der Waals surface area contributed by atoms with Gasteiger partial charge in [-0.3, -0.25) is 0 Å². The molecule has 6 heteroatoms. The molecule has 64 valence electrons. The fourth-order valence-corrected chi connectivity index (χ4v) is 1.70. The summed E-state index contributed by atoms with van der Waals surface area (Å²) in [5, 5.41) is 8.82. The fourth-order valence-electron chi connectivity index (χ4n) is 0.624. The smallest absolute Gasteiger partial charge is 0.337 e. The minimum absolute atomic E-state index is 0.0851. The molecule has 0 aliphatic rings. The van der Waals surface area contributed by atoms with Crippen LogP contribution in [0.15, 0.2) is 15.1 Å². The van der Waals surface area contributed by atoms with E-state index in [2.05, 4.69) is 36.8 Å². The van der Waals surface area contributed by atoms with E-state index in [0.29, 0.717) is 9.08 Å². The molecule has 0 spiro atoms. The van der Waals surface area contributed by atoms with Crippen LogP contribution < -0.4 is 0 Å². The first-order valence-electron chi connectivity index (χ1n) is 2.77. The molecule has 1 N–H and O–H groups in total. The van der Waals surface area contributed by atoms with Gasteiger partial charge in [0.2, 0.25) is 0 Å². The number of carboxylic acid groups (broad SMARTS) is 1. The maximum Gasteiger partial charge on any atom is 0.337 e. The number of halogens is 3. The minimum atomic E-state index is -1.05. The highest BCUT2D eigenvalue weighted by atomic mass is 79.9. The summed E-state index contributed by atoms with van der Waals surface area (Å²) in [6, 6.07) is 1.28. The molecule has 3 nitrogen and oxygen atoms in total. The lowest BCUT2D eigenvalue weighted by atomic mass is 10.3. The number of hydrogen-bond donors (Lipinski definition) is 1. The average Bonchev–Trinajstić information content (AvgIpc) is 1.96. The maximum absolute atomic E-state index is 10.6. The fraction of sp³-hybridized carbons (Fsp3) is 0. The van der Waals surface area contributed by atoms with E-state index in [9.17, 15) is 4.79 Å². The van der Waals surface area contributed by atoms with Crippen molar-refractivity contribution < 1.29 is 9.90 Å². The van der Waals surface area contributed by atoms with Crippen LogP contribution in [0.4, 0.5) is 0 Å². The van der Waals surface area contributed by atoms with Crippen molar-refractivity contribution in [2.75, 3.05) is 0 Å². The Morgan fingerprint density at radius 1 is 1.58 bits per heavy atom. The minimum Gasteiger partial charge on any atom is -0.478 e. The highest BCUT2D eigenvalue weighted by Crippen LogP contribution is 2.27. The monoisotopic (exact) mass is 313 g/mol. The zero-order valence-corrected chi connectivity index (χ0v) is 9.44. The molecule has 0 radical (unpaired) electrons. The lowest BCUT2D eigenvalue weighted by molar-refractivity contribution is 0.0695. The van der Waals surface area contributed by atoms with Gasteiger partial charge in [0, 0.05) is 0 Å². The van der Waals surface area contributed by atoms with Crippen molar-refractivity contribution in [1.82, 2.24) is 4.98 Å². The average molecular weight is 315 g/mol. The van der Waals surface area contributed by atoms with E-state index in [4.69, 9.17) is 16.7 Å². The van der Waals surface area contributed by atoms with Crippen molar-refractivity contribution in [3.63, 3.8) is 0 Å². The van der Waals surface area contributed by atoms with E-state index in [1.54, 1.807) is 0 Å². The van der Waals surface area contributed by atoms with E-state index in [0.717, 1.165) is 0 Å². The molecule has 0 unspecified atom stereocenters. The van der Waals surface area contributed by atoms with Gasteiger partial charge in [-0.25, -0.2) is 9.78 Å². The Hall–Kier alpha value is -0.130. The number of nitrogens with zero attached hydrogens (tertiary/aromatic N) is 1. The van der Waals surface area contributed by atoms with Gasteiger partial charge < -0.3 is 5.11 Å². The number of pyridine rings is 1. The topological polar surface area (TPSA) is 50.2 Å². The molecule has 0 aliphatic carbocycles. The van der Waals surface area contributed by atoms with Crippen LogP contribution in [0.5, 0.6) is 0 Å². The van der Waals surface area contributed by atoms with Gasteiger partial charge in [0.05, 0.1) is 10.0 Å². The molecule has 0 aliphatic heterocycles. The second kappa shape index (κ2) is 3.72. The zero-order chi connectivity index (χ0) is 9.30. The molecule has 0 atom stereocenters. The predicted octanol–water partition coefficient (Wildman–Crippen LogP) is 2.96. The summed E-state index contributed by atoms with van der Waals surface area (Å²) in [5.74, 6) is -1.05. The van der Waals surface area contributed by atoms with Crippen molar-refractivity contribution in [2.45, 2.75) is 0 Å². The Bertz CT molecular complexity index is 343. The second-order valence-electron chi connectivity index (χ2n) is 1.90. The standard InChI is InChI=1S/C6H2Br2ClNO2/c7-4-2(6(11)12)1-3(9)10-5(4)8/h1H,(H,11,12). The van der Waals surface area contributed by atoms with Gasteiger partial charge in [-0.2, -0.15) is 0 Å². The molecule has 0 aromatic carbocycles. The molecule has 1 rings (SSSR count). The van der Waals surface area contributed by atoms with Crippen LogP contribution in [0.3, 0.4) is 0 Å². The van der Waals surface area contributed by atoms with Crippen LogP contribution in [-0.2, 0) is 0 Å².